The van der Waals surface area contributed by atoms with Crippen LogP contribution in [0.2, 0.25) is 5.02 Å². The van der Waals surface area contributed by atoms with Gasteiger partial charge in [-0.05, 0) is 37.0 Å². The molecule has 32 heavy (non-hydrogen) atoms. The monoisotopic (exact) mass is 477 g/mol. The number of carbonyl (C=O) groups is 2. The van der Waals surface area contributed by atoms with E-state index in [2.05, 4.69) is 10.0 Å². The highest BCUT2D eigenvalue weighted by Gasteiger charge is 2.30. The van der Waals surface area contributed by atoms with Crippen LogP contribution in [0.5, 0.6) is 0 Å². The van der Waals surface area contributed by atoms with Crippen molar-refractivity contribution in [2.24, 2.45) is 0 Å². The van der Waals surface area contributed by atoms with E-state index in [-0.39, 0.29) is 30.8 Å². The second-order valence-corrected chi connectivity index (χ2v) is 10.2. The smallest absolute Gasteiger partial charge is 0.253 e. The molecular weight excluding hydrogens is 450 g/mol. The highest BCUT2D eigenvalue weighted by Crippen LogP contribution is 2.24. The molecule has 7 nitrogen and oxygen atoms in total. The van der Waals surface area contributed by atoms with E-state index in [1.807, 2.05) is 30.3 Å². The van der Waals surface area contributed by atoms with Gasteiger partial charge in [0.25, 0.3) is 5.91 Å². The van der Waals surface area contributed by atoms with Gasteiger partial charge in [-0.15, -0.1) is 0 Å². The Labute approximate surface area is 194 Å². The number of carbonyl (C=O) groups excluding carboxylic acids is 2. The number of hydrogen-bond acceptors (Lipinski definition) is 4. The van der Waals surface area contributed by atoms with Crippen molar-refractivity contribution in [1.82, 2.24) is 14.9 Å². The lowest BCUT2D eigenvalue weighted by atomic mass is 9.98. The zero-order valence-electron chi connectivity index (χ0n) is 18.0. The molecular formula is C23H28ClN3O4S. The molecule has 1 fully saturated rings. The van der Waals surface area contributed by atoms with Gasteiger partial charge in [-0.25, -0.2) is 13.1 Å². The largest absolute Gasteiger partial charge is 0.345 e. The number of amides is 2. The van der Waals surface area contributed by atoms with Crippen LogP contribution in [0.3, 0.4) is 0 Å². The van der Waals surface area contributed by atoms with E-state index < -0.39 is 16.1 Å². The molecule has 0 spiro atoms. The summed E-state index contributed by atoms with van der Waals surface area (Å²) in [6.45, 7) is 0.751. The zero-order chi connectivity index (χ0) is 23.1. The van der Waals surface area contributed by atoms with Gasteiger partial charge in [-0.1, -0.05) is 54.1 Å². The van der Waals surface area contributed by atoms with Crippen LogP contribution in [0.4, 0.5) is 0 Å². The molecule has 2 aromatic carbocycles. The molecule has 1 aliphatic heterocycles. The molecule has 0 bridgehead atoms. The number of likely N-dealkylation sites (tertiary alicyclic amines) is 1. The maximum Gasteiger partial charge on any atom is 0.253 e. The van der Waals surface area contributed by atoms with Gasteiger partial charge in [-0.3, -0.25) is 9.59 Å². The second kappa shape index (κ2) is 10.9. The maximum absolute atomic E-state index is 13.3. The number of nitrogens with one attached hydrogen (secondary N) is 2. The van der Waals surface area contributed by atoms with Gasteiger partial charge in [-0.2, -0.15) is 0 Å². The summed E-state index contributed by atoms with van der Waals surface area (Å²) >= 11 is 6.17. The van der Waals surface area contributed by atoms with Crippen molar-refractivity contribution in [3.05, 3.63) is 70.7 Å². The van der Waals surface area contributed by atoms with E-state index in [4.69, 9.17) is 11.6 Å². The van der Waals surface area contributed by atoms with Crippen molar-refractivity contribution in [3.8, 4) is 0 Å². The van der Waals surface area contributed by atoms with Crippen molar-refractivity contribution >= 4 is 33.4 Å². The van der Waals surface area contributed by atoms with E-state index in [0.717, 1.165) is 31.1 Å². The number of halogens is 1. The molecule has 0 radical (unpaired) electrons. The Bertz CT molecular complexity index is 1050. The molecule has 1 aliphatic rings. The number of piperidine rings is 1. The molecule has 1 heterocycles. The molecule has 0 aliphatic carbocycles. The highest BCUT2D eigenvalue weighted by atomic mass is 35.5. The molecule has 2 unspecified atom stereocenters. The van der Waals surface area contributed by atoms with Crippen LogP contribution in [-0.4, -0.2) is 50.5 Å². The van der Waals surface area contributed by atoms with Gasteiger partial charge >= 0.3 is 0 Å². The first kappa shape index (κ1) is 24.2. The van der Waals surface area contributed by atoms with Crippen LogP contribution < -0.4 is 10.0 Å². The van der Waals surface area contributed by atoms with Gasteiger partial charge in [0.1, 0.15) is 0 Å². The van der Waals surface area contributed by atoms with Crippen LogP contribution >= 0.6 is 11.6 Å². The Morgan fingerprint density at radius 1 is 1.09 bits per heavy atom. The maximum atomic E-state index is 13.3. The number of nitrogens with zero attached hydrogens (tertiary/aromatic N) is 1. The number of hydrogen-bond donors (Lipinski definition) is 2. The summed E-state index contributed by atoms with van der Waals surface area (Å²) in [5.74, 6) is -0.482. The van der Waals surface area contributed by atoms with Gasteiger partial charge in [0.05, 0.1) is 29.3 Å². The highest BCUT2D eigenvalue weighted by molar-refractivity contribution is 7.88. The minimum Gasteiger partial charge on any atom is -0.345 e. The SMILES string of the molecule is CS(=O)(=O)NCC1CCCCN1C(=O)CC(NC(=O)c1ccccc1Cl)c1ccccc1. The Balaban J connectivity index is 1.77. The summed E-state index contributed by atoms with van der Waals surface area (Å²) in [6.07, 6.45) is 3.71. The third kappa shape index (κ3) is 6.79. The topological polar surface area (TPSA) is 95.6 Å². The Morgan fingerprint density at radius 3 is 2.47 bits per heavy atom. The molecule has 9 heteroatoms. The van der Waals surface area contributed by atoms with E-state index in [0.29, 0.717) is 17.1 Å². The quantitative estimate of drug-likeness (QED) is 0.610. The number of benzene rings is 2. The summed E-state index contributed by atoms with van der Waals surface area (Å²) in [5, 5.41) is 3.29. The normalized spacial score (nSPS) is 17.6. The van der Waals surface area contributed by atoms with Gasteiger partial charge in [0, 0.05) is 19.1 Å². The molecule has 3 rings (SSSR count). The van der Waals surface area contributed by atoms with Crippen molar-refractivity contribution in [1.29, 1.82) is 0 Å². The summed E-state index contributed by atoms with van der Waals surface area (Å²) < 4.78 is 25.6. The van der Waals surface area contributed by atoms with Gasteiger partial charge in [0.15, 0.2) is 0 Å². The van der Waals surface area contributed by atoms with E-state index in [1.165, 1.54) is 0 Å². The average molecular weight is 478 g/mol. The fourth-order valence-electron chi connectivity index (χ4n) is 3.90. The predicted octanol–water partition coefficient (Wildman–Crippen LogP) is 3.13. The number of sulfonamides is 1. The fourth-order valence-corrected chi connectivity index (χ4v) is 4.62. The van der Waals surface area contributed by atoms with Crippen LogP contribution in [0.1, 0.15) is 47.6 Å². The number of rotatable bonds is 8. The molecule has 2 aromatic rings. The molecule has 2 N–H and O–H groups in total. The van der Waals surface area contributed by atoms with E-state index in [1.54, 1.807) is 29.2 Å². The first-order valence-electron chi connectivity index (χ1n) is 10.6. The molecule has 0 aromatic heterocycles. The lowest BCUT2D eigenvalue weighted by molar-refractivity contribution is -0.135. The minimum absolute atomic E-state index is 0.0651. The molecule has 2 amide bonds. The molecule has 1 saturated heterocycles. The van der Waals surface area contributed by atoms with Crippen LogP contribution in [0, 0.1) is 0 Å². The summed E-state index contributed by atoms with van der Waals surface area (Å²) in [6, 6.07) is 15.3. The van der Waals surface area contributed by atoms with Crippen molar-refractivity contribution in [2.75, 3.05) is 19.3 Å². The van der Waals surface area contributed by atoms with Crippen LogP contribution in [0.15, 0.2) is 54.6 Å². The minimum atomic E-state index is -3.35. The van der Waals surface area contributed by atoms with Crippen LogP contribution in [-0.2, 0) is 14.8 Å². The first-order valence-corrected chi connectivity index (χ1v) is 12.9. The molecule has 0 saturated carbocycles. The van der Waals surface area contributed by atoms with Crippen LogP contribution in [0.25, 0.3) is 0 Å². The summed E-state index contributed by atoms with van der Waals surface area (Å²) in [7, 11) is -3.35. The van der Waals surface area contributed by atoms with Gasteiger partial charge in [0.2, 0.25) is 15.9 Å². The summed E-state index contributed by atoms with van der Waals surface area (Å²) in [5.41, 5.74) is 1.15. The molecule has 2 atom stereocenters. The Morgan fingerprint density at radius 2 is 1.78 bits per heavy atom. The molecule has 172 valence electrons. The first-order chi connectivity index (χ1) is 15.2. The fraction of sp³-hybridized carbons (Fsp3) is 0.391. The Hall–Kier alpha value is -2.42. The second-order valence-electron chi connectivity index (χ2n) is 7.98. The van der Waals surface area contributed by atoms with Crippen molar-refractivity contribution in [2.45, 2.75) is 37.8 Å². The Kier molecular flexibility index (Phi) is 8.28. The summed E-state index contributed by atoms with van der Waals surface area (Å²) in [4.78, 5) is 27.9. The average Bonchev–Trinajstić information content (AvgIpc) is 2.77. The van der Waals surface area contributed by atoms with E-state index >= 15 is 0 Å². The standard InChI is InChI=1S/C23H28ClN3O4S/c1-32(30,31)25-16-18-11-7-8-14-27(18)22(28)15-21(17-9-3-2-4-10-17)26-23(29)19-12-5-6-13-20(19)24/h2-6,9-10,12-13,18,21,25H,7-8,11,14-16H2,1H3,(H,26,29). The predicted molar refractivity (Wildman–Crippen MR) is 125 cm³/mol. The third-order valence-electron chi connectivity index (χ3n) is 5.53. The van der Waals surface area contributed by atoms with E-state index in [9.17, 15) is 18.0 Å². The van der Waals surface area contributed by atoms with Crippen molar-refractivity contribution < 1.29 is 18.0 Å². The zero-order valence-corrected chi connectivity index (χ0v) is 19.5. The third-order valence-corrected chi connectivity index (χ3v) is 6.55. The van der Waals surface area contributed by atoms with Gasteiger partial charge < -0.3 is 10.2 Å². The van der Waals surface area contributed by atoms with Crippen molar-refractivity contribution in [3.63, 3.8) is 0 Å². The lowest BCUT2D eigenvalue weighted by Gasteiger charge is -2.36. The lowest BCUT2D eigenvalue weighted by Crippen LogP contribution is -2.50.